The molecular formula is C36H57N9O3. The van der Waals surface area contributed by atoms with Crippen LogP contribution in [0.2, 0.25) is 0 Å². The standard InChI is InChI=1S/C19H28N6O.C17H29N3O2/c1-19(2,3)17-24-12-15(16(26)25-17)14-7-5-13(6-8-14)11-22-9-4-10-23-18(20)21;1-12(2)13-7-8-14(15(11-13)22-10-6-9-18)19-16(21)20-17(3,4)5/h5-8,12,22H,4,9-11H2,1-3H3,(H4,20,21,23)(H,24,25,26);7-8,11-12H,6,9-10,18H2,1-5H3,(H2,19,20,21). The van der Waals surface area contributed by atoms with Crippen LogP contribution in [0.4, 0.5) is 10.5 Å². The molecule has 0 bridgehead atoms. The smallest absolute Gasteiger partial charge is 0.319 e. The van der Waals surface area contributed by atoms with Gasteiger partial charge in [0.15, 0.2) is 5.96 Å². The first-order chi connectivity index (χ1) is 22.5. The number of nitrogens with zero attached hydrogens (tertiary/aromatic N) is 2. The van der Waals surface area contributed by atoms with Gasteiger partial charge in [-0.25, -0.2) is 9.78 Å². The van der Waals surface area contributed by atoms with Crippen LogP contribution in [-0.4, -0.2) is 53.7 Å². The highest BCUT2D eigenvalue weighted by molar-refractivity contribution is 5.91. The number of amides is 2. The third-order valence-electron chi connectivity index (χ3n) is 6.92. The van der Waals surface area contributed by atoms with Crippen molar-refractivity contribution >= 4 is 17.7 Å². The van der Waals surface area contributed by atoms with Crippen LogP contribution in [-0.2, 0) is 12.0 Å². The van der Waals surface area contributed by atoms with E-state index in [0.717, 1.165) is 37.1 Å². The zero-order valence-corrected chi connectivity index (χ0v) is 30.0. The zero-order valence-electron chi connectivity index (χ0n) is 30.0. The van der Waals surface area contributed by atoms with E-state index in [1.165, 1.54) is 5.56 Å². The van der Waals surface area contributed by atoms with Crippen LogP contribution in [0.25, 0.3) is 11.1 Å². The summed E-state index contributed by atoms with van der Waals surface area (Å²) in [7, 11) is 0. The maximum absolute atomic E-state index is 12.4. The number of hydrogen-bond acceptors (Lipinski definition) is 7. The summed E-state index contributed by atoms with van der Waals surface area (Å²) in [5.74, 6) is 1.89. The Morgan fingerprint density at radius 2 is 1.71 bits per heavy atom. The monoisotopic (exact) mass is 663 g/mol. The molecule has 0 atom stereocenters. The van der Waals surface area contributed by atoms with Crippen molar-refractivity contribution in [2.75, 3.05) is 31.6 Å². The molecule has 2 aromatic carbocycles. The van der Waals surface area contributed by atoms with Crippen LogP contribution in [0.3, 0.4) is 0 Å². The van der Waals surface area contributed by atoms with Gasteiger partial charge in [0.1, 0.15) is 11.6 Å². The summed E-state index contributed by atoms with van der Waals surface area (Å²) in [5, 5.41) is 9.07. The zero-order chi connectivity index (χ0) is 35.9. The molecule has 48 heavy (non-hydrogen) atoms. The molecule has 264 valence electrons. The minimum Gasteiger partial charge on any atom is -0.491 e. The lowest BCUT2D eigenvalue weighted by molar-refractivity contribution is 0.243. The Hall–Kier alpha value is -4.42. The molecule has 0 saturated heterocycles. The van der Waals surface area contributed by atoms with Crippen LogP contribution in [0, 0.1) is 0 Å². The molecule has 3 aromatic rings. The van der Waals surface area contributed by atoms with Crippen LogP contribution in [0.5, 0.6) is 5.75 Å². The van der Waals surface area contributed by atoms with Gasteiger partial charge >= 0.3 is 6.03 Å². The van der Waals surface area contributed by atoms with Crippen LogP contribution >= 0.6 is 0 Å². The number of aromatic nitrogens is 2. The highest BCUT2D eigenvalue weighted by Gasteiger charge is 2.18. The molecule has 0 radical (unpaired) electrons. The van der Waals surface area contributed by atoms with E-state index >= 15 is 0 Å². The van der Waals surface area contributed by atoms with E-state index in [4.69, 9.17) is 21.9 Å². The normalized spacial score (nSPS) is 11.4. The molecule has 1 heterocycles. The minimum atomic E-state index is -0.289. The number of carbonyl (C=O) groups excluding carboxylic acids is 1. The van der Waals surface area contributed by atoms with Crippen molar-refractivity contribution in [1.82, 2.24) is 20.6 Å². The average molecular weight is 664 g/mol. The molecule has 0 aliphatic heterocycles. The maximum atomic E-state index is 12.4. The Balaban J connectivity index is 0.000000339. The van der Waals surface area contributed by atoms with Crippen molar-refractivity contribution in [2.45, 2.75) is 91.6 Å². The first-order valence-corrected chi connectivity index (χ1v) is 16.5. The van der Waals surface area contributed by atoms with Gasteiger partial charge in [-0.05, 0) is 81.4 Å². The number of urea groups is 1. The number of aliphatic imine (C=N–C) groups is 1. The summed E-state index contributed by atoms with van der Waals surface area (Å²) in [6.07, 6.45) is 3.30. The van der Waals surface area contributed by atoms with E-state index in [9.17, 15) is 9.59 Å². The molecule has 1 aromatic heterocycles. The lowest BCUT2D eigenvalue weighted by Gasteiger charge is -2.22. The number of carbonyl (C=O) groups is 1. The van der Waals surface area contributed by atoms with Gasteiger partial charge in [-0.2, -0.15) is 0 Å². The second-order valence-corrected chi connectivity index (χ2v) is 14.0. The van der Waals surface area contributed by atoms with Gasteiger partial charge < -0.3 is 42.9 Å². The Kier molecular flexibility index (Phi) is 15.6. The second kappa shape index (κ2) is 18.8. The first-order valence-electron chi connectivity index (χ1n) is 16.5. The number of ether oxygens (including phenoxy) is 1. The number of aromatic amines is 1. The van der Waals surface area contributed by atoms with Crippen LogP contribution in [0.1, 0.15) is 91.1 Å². The summed E-state index contributed by atoms with van der Waals surface area (Å²) >= 11 is 0. The third-order valence-corrected chi connectivity index (χ3v) is 6.92. The van der Waals surface area contributed by atoms with Gasteiger partial charge in [-0.15, -0.1) is 0 Å². The molecule has 3 rings (SSSR count). The summed E-state index contributed by atoms with van der Waals surface area (Å²) in [4.78, 5) is 35.6. The molecule has 0 saturated carbocycles. The highest BCUT2D eigenvalue weighted by Crippen LogP contribution is 2.29. The van der Waals surface area contributed by atoms with Gasteiger partial charge in [-0.3, -0.25) is 9.79 Å². The van der Waals surface area contributed by atoms with Crippen LogP contribution in [0.15, 0.2) is 58.4 Å². The molecule has 0 fully saturated rings. The molecule has 12 nitrogen and oxygen atoms in total. The number of benzene rings is 2. The molecular weight excluding hydrogens is 606 g/mol. The topological polar surface area (TPSA) is 199 Å². The largest absolute Gasteiger partial charge is 0.491 e. The molecule has 0 spiro atoms. The SMILES string of the molecule is CC(C)(C)c1ncc(-c2ccc(CNCCCN=C(N)N)cc2)c(=O)[nH]1.CC(C)c1ccc(NC(=O)NC(C)(C)C)c(OCCCN)c1. The molecule has 0 aliphatic carbocycles. The van der Waals surface area contributed by atoms with Crippen molar-refractivity contribution in [3.05, 3.63) is 76.0 Å². The number of rotatable bonds is 13. The molecule has 0 aliphatic rings. The number of nitrogens with one attached hydrogen (secondary N) is 4. The Morgan fingerprint density at radius 1 is 1.02 bits per heavy atom. The van der Waals surface area contributed by atoms with E-state index in [1.54, 1.807) is 6.20 Å². The van der Waals surface area contributed by atoms with Gasteiger partial charge in [0.05, 0.1) is 17.9 Å². The maximum Gasteiger partial charge on any atom is 0.319 e. The number of anilines is 1. The Labute approximate surface area is 285 Å². The third kappa shape index (κ3) is 14.6. The lowest BCUT2D eigenvalue weighted by Crippen LogP contribution is -2.43. The van der Waals surface area contributed by atoms with Gasteiger partial charge in [-0.1, -0.05) is 65.0 Å². The second-order valence-electron chi connectivity index (χ2n) is 14.0. The predicted octanol–water partition coefficient (Wildman–Crippen LogP) is 4.95. The summed E-state index contributed by atoms with van der Waals surface area (Å²) in [6.45, 7) is 19.4. The summed E-state index contributed by atoms with van der Waals surface area (Å²) in [5.41, 5.74) is 19.9. The average Bonchev–Trinajstić information content (AvgIpc) is 2.99. The fourth-order valence-electron chi connectivity index (χ4n) is 4.31. The van der Waals surface area contributed by atoms with Crippen molar-refractivity contribution in [3.8, 4) is 16.9 Å². The number of nitrogens with two attached hydrogens (primary N) is 3. The number of guanidine groups is 1. The van der Waals surface area contributed by atoms with Crippen molar-refractivity contribution < 1.29 is 9.53 Å². The van der Waals surface area contributed by atoms with E-state index < -0.39 is 0 Å². The van der Waals surface area contributed by atoms with Crippen molar-refractivity contribution in [1.29, 1.82) is 0 Å². The number of H-pyrrole nitrogens is 1. The van der Waals surface area contributed by atoms with E-state index in [-0.39, 0.29) is 28.5 Å². The number of hydrogen-bond donors (Lipinski definition) is 7. The fourth-order valence-corrected chi connectivity index (χ4v) is 4.31. The molecule has 2 amide bonds. The molecule has 10 N–H and O–H groups in total. The van der Waals surface area contributed by atoms with Gasteiger partial charge in [0.2, 0.25) is 0 Å². The quantitative estimate of drug-likeness (QED) is 0.0757. The molecule has 0 unspecified atom stereocenters. The minimum absolute atomic E-state index is 0.115. The summed E-state index contributed by atoms with van der Waals surface area (Å²) in [6, 6.07) is 13.5. The van der Waals surface area contributed by atoms with Crippen molar-refractivity contribution in [3.63, 3.8) is 0 Å². The Morgan fingerprint density at radius 3 is 2.27 bits per heavy atom. The summed E-state index contributed by atoms with van der Waals surface area (Å²) < 4.78 is 5.78. The van der Waals surface area contributed by atoms with Gasteiger partial charge in [0, 0.05) is 30.2 Å². The highest BCUT2D eigenvalue weighted by atomic mass is 16.5. The first kappa shape index (κ1) is 39.8. The van der Waals surface area contributed by atoms with E-state index in [1.807, 2.05) is 84.0 Å². The van der Waals surface area contributed by atoms with E-state index in [0.29, 0.717) is 48.4 Å². The lowest BCUT2D eigenvalue weighted by atomic mass is 9.95. The van der Waals surface area contributed by atoms with Crippen LogP contribution < -0.4 is 43.4 Å². The molecule has 12 heteroatoms. The van der Waals surface area contributed by atoms with Gasteiger partial charge in [0.25, 0.3) is 5.56 Å². The fraction of sp³-hybridized carbons (Fsp3) is 0.500. The van der Waals surface area contributed by atoms with E-state index in [2.05, 4.69) is 44.8 Å². The van der Waals surface area contributed by atoms with Crippen molar-refractivity contribution in [2.24, 2.45) is 22.2 Å². The predicted molar refractivity (Wildman–Crippen MR) is 198 cm³/mol. The Bertz CT molecular complexity index is 1520.